The molecule has 1 N–H and O–H groups in total. The van der Waals surface area contributed by atoms with Gasteiger partial charge >= 0.3 is 0 Å². The largest absolute Gasteiger partial charge is 0.306 e. The molecule has 1 aliphatic rings. The zero-order valence-electron chi connectivity index (χ0n) is 22.9. The molecule has 2 unspecified atom stereocenters. The van der Waals surface area contributed by atoms with Crippen LogP contribution in [0.2, 0.25) is 0 Å². The Morgan fingerprint density at radius 2 is 1.13 bits per heavy atom. The number of benzene rings is 4. The summed E-state index contributed by atoms with van der Waals surface area (Å²) in [5, 5.41) is 7.23. The summed E-state index contributed by atoms with van der Waals surface area (Å²) in [5.41, 5.74) is 3.37. The average molecular weight is 521 g/mol. The first-order valence-electron chi connectivity index (χ1n) is 14.0. The SMILES string of the molecule is C[C@@H](N[C@@H](c1ccccc1)[C@H](c1ccccc1)N(C)C)C1CCCC1P(c1ccccc1)c1ccccc1. The van der Waals surface area contributed by atoms with Gasteiger partial charge in [0.2, 0.25) is 0 Å². The Kier molecular flexibility index (Phi) is 9.07. The van der Waals surface area contributed by atoms with Crippen molar-refractivity contribution < 1.29 is 0 Å². The van der Waals surface area contributed by atoms with Crippen molar-refractivity contribution in [1.82, 2.24) is 10.2 Å². The summed E-state index contributed by atoms with van der Waals surface area (Å²) in [6.07, 6.45) is 3.90. The van der Waals surface area contributed by atoms with Crippen LogP contribution in [0.15, 0.2) is 121 Å². The van der Waals surface area contributed by atoms with Crippen LogP contribution in [0, 0.1) is 5.92 Å². The van der Waals surface area contributed by atoms with E-state index in [1.54, 1.807) is 0 Å². The molecule has 0 spiro atoms. The fraction of sp³-hybridized carbons (Fsp3) is 0.314. The van der Waals surface area contributed by atoms with Gasteiger partial charge in [0.25, 0.3) is 0 Å². The lowest BCUT2D eigenvalue weighted by atomic mass is 9.90. The highest BCUT2D eigenvalue weighted by Gasteiger charge is 2.39. The van der Waals surface area contributed by atoms with E-state index < -0.39 is 7.92 Å². The van der Waals surface area contributed by atoms with E-state index in [1.807, 2.05) is 0 Å². The standard InChI is InChI=1S/C35H41N2P/c1-27(36-34(28-17-8-4-9-18-28)35(37(2)3)29-19-10-5-11-20-29)32-25-16-26-33(32)38(30-21-12-6-13-22-30)31-23-14-7-15-24-31/h4-15,17-24,27,32-36H,16,25-26H2,1-3H3/t27-,32?,33?,34+,35+/m1/s1. The molecule has 5 atom stereocenters. The molecule has 1 fully saturated rings. The molecule has 0 aromatic heterocycles. The second-order valence-corrected chi connectivity index (χ2v) is 13.3. The van der Waals surface area contributed by atoms with Gasteiger partial charge in [-0.2, -0.15) is 0 Å². The first-order valence-corrected chi connectivity index (χ1v) is 15.5. The average Bonchev–Trinajstić information content (AvgIpc) is 3.44. The smallest absolute Gasteiger partial charge is 0.0538 e. The van der Waals surface area contributed by atoms with E-state index in [4.69, 9.17) is 0 Å². The predicted octanol–water partition coefficient (Wildman–Crippen LogP) is 7.31. The molecule has 4 aromatic carbocycles. The number of likely N-dealkylation sites (N-methyl/N-ethyl adjacent to an activating group) is 1. The first-order chi connectivity index (χ1) is 18.6. The van der Waals surface area contributed by atoms with Crippen LogP contribution >= 0.6 is 7.92 Å². The van der Waals surface area contributed by atoms with Crippen molar-refractivity contribution in [2.75, 3.05) is 14.1 Å². The molecule has 0 bridgehead atoms. The molecular formula is C35H41N2P. The Bertz CT molecular complexity index is 1190. The van der Waals surface area contributed by atoms with Gasteiger partial charge < -0.3 is 10.2 Å². The quantitative estimate of drug-likeness (QED) is 0.221. The van der Waals surface area contributed by atoms with E-state index >= 15 is 0 Å². The maximum absolute atomic E-state index is 4.21. The van der Waals surface area contributed by atoms with E-state index in [2.05, 4.69) is 153 Å². The van der Waals surface area contributed by atoms with Crippen molar-refractivity contribution in [1.29, 1.82) is 0 Å². The summed E-state index contributed by atoms with van der Waals surface area (Å²) in [7, 11) is 4.00. The number of hydrogen-bond acceptors (Lipinski definition) is 2. The number of rotatable bonds is 10. The van der Waals surface area contributed by atoms with Gasteiger partial charge in [0, 0.05) is 6.04 Å². The molecule has 1 saturated carbocycles. The van der Waals surface area contributed by atoms with Crippen LogP contribution in [0.5, 0.6) is 0 Å². The molecule has 3 heteroatoms. The highest BCUT2D eigenvalue weighted by atomic mass is 31.1. The summed E-state index contributed by atoms with van der Waals surface area (Å²) >= 11 is 0. The molecule has 1 aliphatic carbocycles. The topological polar surface area (TPSA) is 15.3 Å². The Hall–Kier alpha value is -2.77. The summed E-state index contributed by atoms with van der Waals surface area (Å²) in [5.74, 6) is 0.631. The molecule has 2 nitrogen and oxygen atoms in total. The van der Waals surface area contributed by atoms with Crippen molar-refractivity contribution in [2.45, 2.75) is 50.0 Å². The first kappa shape index (κ1) is 26.8. The maximum atomic E-state index is 4.21. The van der Waals surface area contributed by atoms with Crippen LogP contribution in [0.4, 0.5) is 0 Å². The molecule has 196 valence electrons. The van der Waals surface area contributed by atoms with Crippen molar-refractivity contribution >= 4 is 18.5 Å². The van der Waals surface area contributed by atoms with Gasteiger partial charge in [-0.3, -0.25) is 0 Å². The molecule has 0 saturated heterocycles. The van der Waals surface area contributed by atoms with Gasteiger partial charge in [0.05, 0.1) is 12.1 Å². The van der Waals surface area contributed by atoms with Crippen molar-refractivity contribution in [3.8, 4) is 0 Å². The molecule has 5 rings (SSSR count). The van der Waals surface area contributed by atoms with Crippen LogP contribution in [-0.2, 0) is 0 Å². The van der Waals surface area contributed by atoms with Gasteiger partial charge in [-0.1, -0.05) is 128 Å². The van der Waals surface area contributed by atoms with Crippen LogP contribution in [0.1, 0.15) is 49.4 Å². The van der Waals surface area contributed by atoms with Gasteiger partial charge in [-0.15, -0.1) is 0 Å². The molecular weight excluding hydrogens is 479 g/mol. The zero-order chi connectivity index (χ0) is 26.3. The van der Waals surface area contributed by atoms with E-state index in [0.717, 1.165) is 0 Å². The number of nitrogens with one attached hydrogen (secondary N) is 1. The fourth-order valence-corrected chi connectivity index (χ4v) is 9.74. The summed E-state index contributed by atoms with van der Waals surface area (Å²) < 4.78 is 0. The second kappa shape index (κ2) is 12.9. The number of nitrogens with zero attached hydrogens (tertiary/aromatic N) is 1. The lowest BCUT2D eigenvalue weighted by molar-refractivity contribution is 0.207. The van der Waals surface area contributed by atoms with Crippen LogP contribution < -0.4 is 15.9 Å². The molecule has 0 aliphatic heterocycles. The predicted molar refractivity (Wildman–Crippen MR) is 165 cm³/mol. The fourth-order valence-electron chi connectivity index (χ4n) is 6.46. The monoisotopic (exact) mass is 520 g/mol. The minimum Gasteiger partial charge on any atom is -0.306 e. The summed E-state index contributed by atoms with van der Waals surface area (Å²) in [6.45, 7) is 2.44. The molecule has 4 aromatic rings. The van der Waals surface area contributed by atoms with Gasteiger partial charge in [0.1, 0.15) is 0 Å². The van der Waals surface area contributed by atoms with E-state index in [9.17, 15) is 0 Å². The van der Waals surface area contributed by atoms with Crippen LogP contribution in [-0.4, -0.2) is 30.7 Å². The Labute approximate surface area is 230 Å². The second-order valence-electron chi connectivity index (χ2n) is 10.9. The highest BCUT2D eigenvalue weighted by Crippen LogP contribution is 2.51. The molecule has 38 heavy (non-hydrogen) atoms. The third kappa shape index (κ3) is 6.10. The van der Waals surface area contributed by atoms with Crippen molar-refractivity contribution in [2.24, 2.45) is 5.92 Å². The third-order valence-corrected chi connectivity index (χ3v) is 11.2. The molecule has 0 radical (unpaired) electrons. The van der Waals surface area contributed by atoms with Crippen LogP contribution in [0.25, 0.3) is 0 Å². The van der Waals surface area contributed by atoms with E-state index in [1.165, 1.54) is 41.0 Å². The summed E-state index contributed by atoms with van der Waals surface area (Å²) in [4.78, 5) is 2.37. The van der Waals surface area contributed by atoms with Gasteiger partial charge in [-0.05, 0) is 75.1 Å². The van der Waals surface area contributed by atoms with E-state index in [-0.39, 0.29) is 12.1 Å². The lowest BCUT2D eigenvalue weighted by Gasteiger charge is -2.39. The Balaban J connectivity index is 1.48. The zero-order valence-corrected chi connectivity index (χ0v) is 23.8. The Morgan fingerprint density at radius 3 is 1.63 bits per heavy atom. The molecule has 0 amide bonds. The maximum Gasteiger partial charge on any atom is 0.0538 e. The van der Waals surface area contributed by atoms with Crippen molar-refractivity contribution in [3.63, 3.8) is 0 Å². The van der Waals surface area contributed by atoms with E-state index in [0.29, 0.717) is 17.6 Å². The highest BCUT2D eigenvalue weighted by molar-refractivity contribution is 7.73. The van der Waals surface area contributed by atoms with Gasteiger partial charge in [0.15, 0.2) is 0 Å². The van der Waals surface area contributed by atoms with Crippen molar-refractivity contribution in [3.05, 3.63) is 132 Å². The normalized spacial score (nSPS) is 19.9. The third-order valence-electron chi connectivity index (χ3n) is 8.19. The van der Waals surface area contributed by atoms with Gasteiger partial charge in [-0.25, -0.2) is 0 Å². The minimum absolute atomic E-state index is 0.199. The van der Waals surface area contributed by atoms with Crippen LogP contribution in [0.3, 0.4) is 0 Å². The Morgan fingerprint density at radius 1 is 0.658 bits per heavy atom. The summed E-state index contributed by atoms with van der Waals surface area (Å²) in [6, 6.07) is 45.5. The number of hydrogen-bond donors (Lipinski definition) is 1. The molecule has 0 heterocycles. The lowest BCUT2D eigenvalue weighted by Crippen LogP contribution is -2.44. The minimum atomic E-state index is -0.425.